The third-order valence-electron chi connectivity index (χ3n) is 2.08. The molecule has 0 aliphatic rings. The van der Waals surface area contributed by atoms with Crippen LogP contribution in [-0.2, 0) is 12.0 Å². The lowest BCUT2D eigenvalue weighted by atomic mass is 9.92. The zero-order chi connectivity index (χ0) is 9.19. The Morgan fingerprint density at radius 3 is 2.75 bits per heavy atom. The molecule has 68 valence electrons. The fraction of sp³-hybridized carbons (Fsp3) is 0.667. The number of aromatic nitrogens is 2. The molecule has 0 atom stereocenters. The molecule has 0 aliphatic heterocycles. The SMILES string of the molecule is CCn1cncc1C(C)(C)CBr. The topological polar surface area (TPSA) is 17.8 Å². The van der Waals surface area contributed by atoms with Crippen LogP contribution in [0.2, 0.25) is 0 Å². The van der Waals surface area contributed by atoms with E-state index < -0.39 is 0 Å². The van der Waals surface area contributed by atoms with Crippen LogP contribution in [0.15, 0.2) is 12.5 Å². The summed E-state index contributed by atoms with van der Waals surface area (Å²) in [7, 11) is 0. The fourth-order valence-electron chi connectivity index (χ4n) is 1.20. The summed E-state index contributed by atoms with van der Waals surface area (Å²) in [6.45, 7) is 7.55. The molecule has 0 amide bonds. The summed E-state index contributed by atoms with van der Waals surface area (Å²) in [5.41, 5.74) is 1.47. The average molecular weight is 231 g/mol. The number of nitrogens with zero attached hydrogens (tertiary/aromatic N) is 2. The third kappa shape index (κ3) is 1.71. The lowest BCUT2D eigenvalue weighted by Crippen LogP contribution is -2.22. The number of rotatable bonds is 3. The summed E-state index contributed by atoms with van der Waals surface area (Å²) in [5, 5.41) is 0.964. The van der Waals surface area contributed by atoms with E-state index in [1.807, 2.05) is 12.5 Å². The van der Waals surface area contributed by atoms with Crippen LogP contribution in [0.1, 0.15) is 26.5 Å². The highest BCUT2D eigenvalue weighted by Gasteiger charge is 2.22. The maximum Gasteiger partial charge on any atom is 0.0948 e. The van der Waals surface area contributed by atoms with Crippen molar-refractivity contribution in [1.29, 1.82) is 0 Å². The lowest BCUT2D eigenvalue weighted by Gasteiger charge is -2.22. The van der Waals surface area contributed by atoms with Crippen LogP contribution in [-0.4, -0.2) is 14.9 Å². The molecule has 2 nitrogen and oxygen atoms in total. The summed E-state index contributed by atoms with van der Waals surface area (Å²) in [5.74, 6) is 0. The number of hydrogen-bond donors (Lipinski definition) is 0. The molecule has 0 radical (unpaired) electrons. The van der Waals surface area contributed by atoms with E-state index in [-0.39, 0.29) is 5.41 Å². The predicted octanol–water partition coefficient (Wildman–Crippen LogP) is 2.58. The number of halogens is 1. The fourth-order valence-corrected chi connectivity index (χ4v) is 1.49. The largest absolute Gasteiger partial charge is 0.334 e. The van der Waals surface area contributed by atoms with Crippen LogP contribution in [0.25, 0.3) is 0 Å². The molecular weight excluding hydrogens is 216 g/mol. The van der Waals surface area contributed by atoms with Crippen molar-refractivity contribution in [3.05, 3.63) is 18.2 Å². The van der Waals surface area contributed by atoms with Gasteiger partial charge in [-0.25, -0.2) is 4.98 Å². The van der Waals surface area contributed by atoms with Crippen molar-refractivity contribution in [3.8, 4) is 0 Å². The Bertz CT molecular complexity index is 253. The Labute approximate surface area is 82.1 Å². The van der Waals surface area contributed by atoms with Crippen molar-refractivity contribution in [2.75, 3.05) is 5.33 Å². The van der Waals surface area contributed by atoms with Gasteiger partial charge in [-0.05, 0) is 6.92 Å². The summed E-state index contributed by atoms with van der Waals surface area (Å²) < 4.78 is 2.18. The minimum atomic E-state index is 0.173. The molecule has 0 saturated carbocycles. The van der Waals surface area contributed by atoms with E-state index in [9.17, 15) is 0 Å². The Morgan fingerprint density at radius 1 is 1.58 bits per heavy atom. The highest BCUT2D eigenvalue weighted by molar-refractivity contribution is 9.09. The van der Waals surface area contributed by atoms with Gasteiger partial charge in [0.1, 0.15) is 0 Å². The van der Waals surface area contributed by atoms with Crippen molar-refractivity contribution in [2.24, 2.45) is 0 Å². The predicted molar refractivity (Wildman–Crippen MR) is 54.7 cm³/mol. The Hall–Kier alpha value is -0.310. The van der Waals surface area contributed by atoms with Crippen LogP contribution in [0, 0.1) is 0 Å². The lowest BCUT2D eigenvalue weighted by molar-refractivity contribution is 0.537. The second kappa shape index (κ2) is 3.60. The van der Waals surface area contributed by atoms with Crippen molar-refractivity contribution in [1.82, 2.24) is 9.55 Å². The Balaban J connectivity index is 3.00. The number of alkyl halides is 1. The first-order valence-electron chi connectivity index (χ1n) is 4.18. The van der Waals surface area contributed by atoms with Crippen molar-refractivity contribution < 1.29 is 0 Å². The molecule has 12 heavy (non-hydrogen) atoms. The smallest absolute Gasteiger partial charge is 0.0948 e. The van der Waals surface area contributed by atoms with Crippen LogP contribution < -0.4 is 0 Å². The van der Waals surface area contributed by atoms with Crippen LogP contribution in [0.5, 0.6) is 0 Å². The molecule has 0 spiro atoms. The molecular formula is C9H15BrN2. The molecule has 1 heterocycles. The highest BCUT2D eigenvalue weighted by Crippen LogP contribution is 2.24. The van der Waals surface area contributed by atoms with Gasteiger partial charge in [0.15, 0.2) is 0 Å². The van der Waals surface area contributed by atoms with Crippen molar-refractivity contribution >= 4 is 15.9 Å². The standard InChI is InChI=1S/C9H15BrN2/c1-4-12-7-11-5-8(12)9(2,3)6-10/h5,7H,4,6H2,1-3H3. The third-order valence-corrected chi connectivity index (χ3v) is 3.48. The van der Waals surface area contributed by atoms with Gasteiger partial charge in [0.25, 0.3) is 0 Å². The Kier molecular flexibility index (Phi) is 2.94. The van der Waals surface area contributed by atoms with Gasteiger partial charge in [-0.3, -0.25) is 0 Å². The molecule has 0 bridgehead atoms. The minimum absolute atomic E-state index is 0.173. The zero-order valence-electron chi connectivity index (χ0n) is 7.84. The van der Waals surface area contributed by atoms with Gasteiger partial charge in [0.05, 0.1) is 6.33 Å². The quantitative estimate of drug-likeness (QED) is 0.731. The van der Waals surface area contributed by atoms with E-state index in [2.05, 4.69) is 46.3 Å². The van der Waals surface area contributed by atoms with Crippen LogP contribution in [0.4, 0.5) is 0 Å². The molecule has 0 fully saturated rings. The molecule has 1 rings (SSSR count). The van der Waals surface area contributed by atoms with Crippen molar-refractivity contribution in [3.63, 3.8) is 0 Å². The van der Waals surface area contributed by atoms with Gasteiger partial charge < -0.3 is 4.57 Å². The second-order valence-electron chi connectivity index (χ2n) is 3.58. The van der Waals surface area contributed by atoms with E-state index in [0.29, 0.717) is 0 Å². The van der Waals surface area contributed by atoms with E-state index in [4.69, 9.17) is 0 Å². The first-order chi connectivity index (χ1) is 5.61. The molecule has 0 aromatic carbocycles. The van der Waals surface area contributed by atoms with Gasteiger partial charge in [0, 0.05) is 29.2 Å². The first-order valence-corrected chi connectivity index (χ1v) is 5.30. The number of aryl methyl sites for hydroxylation is 1. The monoisotopic (exact) mass is 230 g/mol. The maximum absolute atomic E-state index is 4.15. The van der Waals surface area contributed by atoms with E-state index in [1.54, 1.807) is 0 Å². The van der Waals surface area contributed by atoms with Gasteiger partial charge in [0.2, 0.25) is 0 Å². The average Bonchev–Trinajstić information content (AvgIpc) is 2.52. The van der Waals surface area contributed by atoms with E-state index in [0.717, 1.165) is 11.9 Å². The normalized spacial score (nSPS) is 12.0. The molecule has 1 aromatic rings. The van der Waals surface area contributed by atoms with Gasteiger partial charge >= 0.3 is 0 Å². The molecule has 0 saturated heterocycles. The van der Waals surface area contributed by atoms with Gasteiger partial charge in [-0.1, -0.05) is 29.8 Å². The molecule has 3 heteroatoms. The van der Waals surface area contributed by atoms with E-state index >= 15 is 0 Å². The second-order valence-corrected chi connectivity index (χ2v) is 4.14. The molecule has 0 aliphatic carbocycles. The first kappa shape index (κ1) is 9.78. The maximum atomic E-state index is 4.15. The van der Waals surface area contributed by atoms with Crippen molar-refractivity contribution in [2.45, 2.75) is 32.7 Å². The Morgan fingerprint density at radius 2 is 2.25 bits per heavy atom. The molecule has 1 aromatic heterocycles. The van der Waals surface area contributed by atoms with Gasteiger partial charge in [-0.15, -0.1) is 0 Å². The summed E-state index contributed by atoms with van der Waals surface area (Å²) in [6.07, 6.45) is 3.84. The minimum Gasteiger partial charge on any atom is -0.334 e. The molecule has 0 N–H and O–H groups in total. The van der Waals surface area contributed by atoms with Crippen LogP contribution >= 0.6 is 15.9 Å². The number of imidazole rings is 1. The zero-order valence-corrected chi connectivity index (χ0v) is 9.43. The summed E-state index contributed by atoms with van der Waals surface area (Å²) in [4.78, 5) is 4.15. The molecule has 0 unspecified atom stereocenters. The van der Waals surface area contributed by atoms with Crippen LogP contribution in [0.3, 0.4) is 0 Å². The summed E-state index contributed by atoms with van der Waals surface area (Å²) in [6, 6.07) is 0. The number of hydrogen-bond acceptors (Lipinski definition) is 1. The van der Waals surface area contributed by atoms with E-state index in [1.165, 1.54) is 5.69 Å². The summed E-state index contributed by atoms with van der Waals surface area (Å²) >= 11 is 3.51. The van der Waals surface area contributed by atoms with Gasteiger partial charge in [-0.2, -0.15) is 0 Å². The highest BCUT2D eigenvalue weighted by atomic mass is 79.9.